The van der Waals surface area contributed by atoms with Crippen LogP contribution in [0.4, 0.5) is 5.82 Å². The zero-order valence-corrected chi connectivity index (χ0v) is 12.1. The highest BCUT2D eigenvalue weighted by atomic mass is 16.5. The van der Waals surface area contributed by atoms with Crippen LogP contribution in [0.15, 0.2) is 6.07 Å². The molecular formula is C14H22N4O2. The minimum Gasteiger partial charge on any atom is -0.376 e. The molecule has 1 aliphatic heterocycles. The molecule has 0 spiro atoms. The number of ether oxygens (including phenoxy) is 1. The van der Waals surface area contributed by atoms with E-state index in [1.54, 1.807) is 13.0 Å². The highest BCUT2D eigenvalue weighted by molar-refractivity contribution is 5.92. The average molecular weight is 278 g/mol. The Bertz CT molecular complexity index is 458. The Labute approximate surface area is 119 Å². The van der Waals surface area contributed by atoms with Crippen molar-refractivity contribution < 1.29 is 9.53 Å². The van der Waals surface area contributed by atoms with E-state index in [2.05, 4.69) is 20.6 Å². The van der Waals surface area contributed by atoms with Gasteiger partial charge in [0.2, 0.25) is 0 Å². The van der Waals surface area contributed by atoms with Gasteiger partial charge in [-0.15, -0.1) is 0 Å². The van der Waals surface area contributed by atoms with Crippen LogP contribution in [-0.4, -0.2) is 41.7 Å². The Kier molecular flexibility index (Phi) is 5.29. The van der Waals surface area contributed by atoms with Crippen molar-refractivity contribution >= 4 is 11.7 Å². The van der Waals surface area contributed by atoms with Crippen LogP contribution >= 0.6 is 0 Å². The number of hydrogen-bond donors (Lipinski definition) is 2. The van der Waals surface area contributed by atoms with E-state index < -0.39 is 0 Å². The first kappa shape index (κ1) is 14.7. The molecule has 1 saturated heterocycles. The van der Waals surface area contributed by atoms with E-state index in [1.165, 1.54) is 0 Å². The summed E-state index contributed by atoms with van der Waals surface area (Å²) in [5.74, 6) is 1.11. The normalized spacial score (nSPS) is 18.0. The molecule has 110 valence electrons. The first-order valence-corrected chi connectivity index (χ1v) is 7.18. The number of aryl methyl sites for hydroxylation is 1. The van der Waals surface area contributed by atoms with Gasteiger partial charge in [0.15, 0.2) is 0 Å². The molecule has 1 aliphatic rings. The Balaban J connectivity index is 1.98. The number of carbonyl (C=O) groups excluding carboxylic acids is 1. The molecule has 2 heterocycles. The SMILES string of the molecule is CCCNC(=O)c1cc(NCC2CCCO2)nc(C)n1. The number of amides is 1. The summed E-state index contributed by atoms with van der Waals surface area (Å²) in [7, 11) is 0. The lowest BCUT2D eigenvalue weighted by Gasteiger charge is -2.12. The van der Waals surface area contributed by atoms with Gasteiger partial charge < -0.3 is 15.4 Å². The molecule has 0 aromatic carbocycles. The van der Waals surface area contributed by atoms with E-state index in [0.717, 1.165) is 25.9 Å². The van der Waals surface area contributed by atoms with Gasteiger partial charge in [-0.05, 0) is 26.2 Å². The van der Waals surface area contributed by atoms with Gasteiger partial charge in [-0.25, -0.2) is 9.97 Å². The second-order valence-electron chi connectivity index (χ2n) is 4.96. The van der Waals surface area contributed by atoms with Crippen LogP contribution < -0.4 is 10.6 Å². The molecule has 1 atom stereocenters. The van der Waals surface area contributed by atoms with Gasteiger partial charge in [0.05, 0.1) is 6.10 Å². The Morgan fingerprint density at radius 2 is 2.35 bits per heavy atom. The van der Waals surface area contributed by atoms with Crippen LogP contribution in [0.1, 0.15) is 42.5 Å². The van der Waals surface area contributed by atoms with Gasteiger partial charge in [0.1, 0.15) is 17.3 Å². The molecule has 6 heteroatoms. The maximum absolute atomic E-state index is 11.9. The third-order valence-electron chi connectivity index (χ3n) is 3.14. The zero-order valence-electron chi connectivity index (χ0n) is 12.1. The molecule has 6 nitrogen and oxygen atoms in total. The minimum atomic E-state index is -0.155. The van der Waals surface area contributed by atoms with Crippen LogP contribution in [0.3, 0.4) is 0 Å². The number of nitrogens with zero attached hydrogens (tertiary/aromatic N) is 2. The summed E-state index contributed by atoms with van der Waals surface area (Å²) >= 11 is 0. The Morgan fingerprint density at radius 3 is 3.05 bits per heavy atom. The van der Waals surface area contributed by atoms with E-state index in [1.807, 2.05) is 6.92 Å². The number of hydrogen-bond acceptors (Lipinski definition) is 5. The van der Waals surface area contributed by atoms with Crippen molar-refractivity contribution in [1.29, 1.82) is 0 Å². The van der Waals surface area contributed by atoms with Gasteiger partial charge in [-0.1, -0.05) is 6.92 Å². The maximum atomic E-state index is 11.9. The first-order valence-electron chi connectivity index (χ1n) is 7.18. The van der Waals surface area contributed by atoms with E-state index in [9.17, 15) is 4.79 Å². The number of aromatic nitrogens is 2. The molecule has 1 aromatic rings. The third kappa shape index (κ3) is 4.16. The van der Waals surface area contributed by atoms with Crippen LogP contribution in [0.2, 0.25) is 0 Å². The van der Waals surface area contributed by atoms with Crippen molar-refractivity contribution in [3.05, 3.63) is 17.6 Å². The lowest BCUT2D eigenvalue weighted by Crippen LogP contribution is -2.26. The van der Waals surface area contributed by atoms with Crippen molar-refractivity contribution in [2.75, 3.05) is 25.0 Å². The largest absolute Gasteiger partial charge is 0.376 e. The minimum absolute atomic E-state index is 0.155. The molecule has 1 amide bonds. The summed E-state index contributed by atoms with van der Waals surface area (Å²) in [6.07, 6.45) is 3.32. The van der Waals surface area contributed by atoms with Crippen LogP contribution in [0.5, 0.6) is 0 Å². The van der Waals surface area contributed by atoms with Crippen molar-refractivity contribution in [3.63, 3.8) is 0 Å². The fourth-order valence-corrected chi connectivity index (χ4v) is 2.13. The fourth-order valence-electron chi connectivity index (χ4n) is 2.13. The summed E-state index contributed by atoms with van der Waals surface area (Å²) in [6, 6.07) is 1.69. The number of nitrogens with one attached hydrogen (secondary N) is 2. The smallest absolute Gasteiger partial charge is 0.270 e. The molecule has 0 radical (unpaired) electrons. The van der Waals surface area contributed by atoms with Crippen molar-refractivity contribution in [2.24, 2.45) is 0 Å². The van der Waals surface area contributed by atoms with E-state index >= 15 is 0 Å². The highest BCUT2D eigenvalue weighted by Crippen LogP contribution is 2.13. The molecule has 0 aliphatic carbocycles. The van der Waals surface area contributed by atoms with Crippen molar-refractivity contribution in [1.82, 2.24) is 15.3 Å². The van der Waals surface area contributed by atoms with Gasteiger partial charge in [0, 0.05) is 25.8 Å². The summed E-state index contributed by atoms with van der Waals surface area (Å²) in [6.45, 7) is 6.00. The van der Waals surface area contributed by atoms with Crippen molar-refractivity contribution in [2.45, 2.75) is 39.2 Å². The average Bonchev–Trinajstić information content (AvgIpc) is 2.95. The maximum Gasteiger partial charge on any atom is 0.270 e. The van der Waals surface area contributed by atoms with Gasteiger partial charge >= 0.3 is 0 Å². The second-order valence-corrected chi connectivity index (χ2v) is 4.96. The van der Waals surface area contributed by atoms with Gasteiger partial charge in [-0.3, -0.25) is 4.79 Å². The zero-order chi connectivity index (χ0) is 14.4. The molecule has 20 heavy (non-hydrogen) atoms. The second kappa shape index (κ2) is 7.19. The molecule has 2 N–H and O–H groups in total. The Morgan fingerprint density at radius 1 is 1.50 bits per heavy atom. The molecule has 1 fully saturated rings. The summed E-state index contributed by atoms with van der Waals surface area (Å²) in [4.78, 5) is 20.4. The molecule has 0 saturated carbocycles. The summed E-state index contributed by atoms with van der Waals surface area (Å²) < 4.78 is 5.55. The van der Waals surface area contributed by atoms with Gasteiger partial charge in [-0.2, -0.15) is 0 Å². The fraction of sp³-hybridized carbons (Fsp3) is 0.643. The molecule has 0 bridgehead atoms. The predicted octanol–water partition coefficient (Wildman–Crippen LogP) is 1.52. The van der Waals surface area contributed by atoms with E-state index in [4.69, 9.17) is 4.74 Å². The molecule has 1 aromatic heterocycles. The van der Waals surface area contributed by atoms with Crippen LogP contribution in [-0.2, 0) is 4.74 Å². The molecule has 1 unspecified atom stereocenters. The number of carbonyl (C=O) groups is 1. The standard InChI is InChI=1S/C14H22N4O2/c1-3-6-15-14(19)12-8-13(18-10(2)17-12)16-9-11-5-4-7-20-11/h8,11H,3-7,9H2,1-2H3,(H,15,19)(H,16,17,18). The monoisotopic (exact) mass is 278 g/mol. The molecule has 2 rings (SSSR count). The summed E-state index contributed by atoms with van der Waals surface area (Å²) in [5.41, 5.74) is 0.404. The van der Waals surface area contributed by atoms with E-state index in [0.29, 0.717) is 30.4 Å². The lowest BCUT2D eigenvalue weighted by molar-refractivity contribution is 0.0948. The van der Waals surface area contributed by atoms with E-state index in [-0.39, 0.29) is 12.0 Å². The van der Waals surface area contributed by atoms with Gasteiger partial charge in [0.25, 0.3) is 5.91 Å². The van der Waals surface area contributed by atoms with Crippen LogP contribution in [0.25, 0.3) is 0 Å². The Hall–Kier alpha value is -1.69. The quantitative estimate of drug-likeness (QED) is 0.825. The first-order chi connectivity index (χ1) is 9.69. The van der Waals surface area contributed by atoms with Crippen LogP contribution in [0, 0.1) is 6.92 Å². The molecular weight excluding hydrogens is 256 g/mol. The predicted molar refractivity (Wildman–Crippen MR) is 76.9 cm³/mol. The summed E-state index contributed by atoms with van der Waals surface area (Å²) in [5, 5.41) is 6.04. The number of rotatable bonds is 6. The topological polar surface area (TPSA) is 76.1 Å². The third-order valence-corrected chi connectivity index (χ3v) is 3.14. The van der Waals surface area contributed by atoms with Crippen molar-refractivity contribution in [3.8, 4) is 0 Å². The lowest BCUT2D eigenvalue weighted by atomic mass is 10.2. The highest BCUT2D eigenvalue weighted by Gasteiger charge is 2.16. The number of anilines is 1.